The molecule has 0 saturated carbocycles. The summed E-state index contributed by atoms with van der Waals surface area (Å²) in [5.74, 6) is 0.0922. The van der Waals surface area contributed by atoms with Crippen LogP contribution < -0.4 is 48.1 Å². The van der Waals surface area contributed by atoms with Gasteiger partial charge in [0.25, 0.3) is 11.5 Å². The zero-order valence-corrected chi connectivity index (χ0v) is 37.2. The molecule has 4 amide bonds. The number of carbonyl (C=O) groups is 4. The van der Waals surface area contributed by atoms with Crippen LogP contribution in [0.25, 0.3) is 44.6 Å². The number of aldehydes is 1. The summed E-state index contributed by atoms with van der Waals surface area (Å²) >= 11 is 0. The third kappa shape index (κ3) is 11.0. The normalized spacial score (nSPS) is 11.9. The van der Waals surface area contributed by atoms with E-state index in [1.807, 2.05) is 50.2 Å². The Morgan fingerprint density at radius 3 is 2.42 bits per heavy atom. The van der Waals surface area contributed by atoms with Crippen LogP contribution in [0.1, 0.15) is 66.9 Å². The van der Waals surface area contributed by atoms with Crippen molar-refractivity contribution in [1.82, 2.24) is 35.9 Å². The van der Waals surface area contributed by atoms with Crippen molar-refractivity contribution in [3.05, 3.63) is 118 Å². The number of hydrogen-bond donors (Lipinski definition) is 7. The van der Waals surface area contributed by atoms with Gasteiger partial charge in [-0.3, -0.25) is 29.2 Å². The molecule has 0 spiro atoms. The maximum absolute atomic E-state index is 12.9. The van der Waals surface area contributed by atoms with Gasteiger partial charge in [-0.2, -0.15) is 4.98 Å². The average molecular weight is 893 g/mol. The van der Waals surface area contributed by atoms with Gasteiger partial charge < -0.3 is 41.6 Å². The van der Waals surface area contributed by atoms with Gasteiger partial charge in [0.05, 0.1) is 23.8 Å². The third-order valence-electron chi connectivity index (χ3n) is 10.9. The van der Waals surface area contributed by atoms with Crippen LogP contribution in [0.15, 0.2) is 99.3 Å². The summed E-state index contributed by atoms with van der Waals surface area (Å²) in [7, 11) is 0. The van der Waals surface area contributed by atoms with Crippen LogP contribution in [0.3, 0.4) is 0 Å². The molecule has 2 aliphatic rings. The Labute approximate surface area is 379 Å². The molecule has 0 radical (unpaired) electrons. The van der Waals surface area contributed by atoms with E-state index in [0.29, 0.717) is 52.4 Å². The molecular formula is C48H52N12O6. The number of urea groups is 1. The highest BCUT2D eigenvalue weighted by molar-refractivity contribution is 6.06. The second-order valence-electron chi connectivity index (χ2n) is 15.5. The number of benzene rings is 4. The van der Waals surface area contributed by atoms with Crippen molar-refractivity contribution in [2.45, 2.75) is 53.1 Å². The van der Waals surface area contributed by atoms with Crippen LogP contribution in [0.2, 0.25) is 0 Å². The number of amides is 4. The van der Waals surface area contributed by atoms with E-state index >= 15 is 0 Å². The topological polar surface area (TPSA) is 255 Å². The molecule has 18 heteroatoms. The first-order chi connectivity index (χ1) is 32.0. The fourth-order valence-electron chi connectivity index (χ4n) is 7.55. The van der Waals surface area contributed by atoms with Crippen LogP contribution in [-0.2, 0) is 11.3 Å². The van der Waals surface area contributed by atoms with E-state index in [0.717, 1.165) is 52.6 Å². The van der Waals surface area contributed by atoms with E-state index in [1.165, 1.54) is 6.20 Å². The molecule has 7 rings (SSSR count). The molecule has 1 aliphatic carbocycles. The molecule has 1 aliphatic heterocycles. The second kappa shape index (κ2) is 21.0. The molecule has 1 unspecified atom stereocenters. The number of H-pyrrole nitrogens is 1. The number of nitrogens with two attached hydrogens (primary N) is 1. The van der Waals surface area contributed by atoms with Gasteiger partial charge in [-0.05, 0) is 100 Å². The van der Waals surface area contributed by atoms with Crippen molar-refractivity contribution in [1.29, 1.82) is 0 Å². The Morgan fingerprint density at radius 1 is 0.909 bits per heavy atom. The number of aromatic nitrogens is 4. The van der Waals surface area contributed by atoms with Gasteiger partial charge in [-0.15, -0.1) is 0 Å². The van der Waals surface area contributed by atoms with Crippen molar-refractivity contribution in [2.75, 3.05) is 54.0 Å². The number of fused-ring (bicyclic) bond motifs is 3. The highest BCUT2D eigenvalue weighted by atomic mass is 16.3. The van der Waals surface area contributed by atoms with Crippen molar-refractivity contribution >= 4 is 69.3 Å². The molecule has 0 saturated heterocycles. The Balaban J connectivity index is 0.873. The van der Waals surface area contributed by atoms with Crippen molar-refractivity contribution in [2.24, 2.45) is 4.99 Å². The molecule has 0 bridgehead atoms. The van der Waals surface area contributed by atoms with Crippen LogP contribution in [-0.4, -0.2) is 82.8 Å². The zero-order chi connectivity index (χ0) is 46.7. The third-order valence-corrected chi connectivity index (χ3v) is 10.9. The van der Waals surface area contributed by atoms with Gasteiger partial charge in [0, 0.05) is 102 Å². The first-order valence-corrected chi connectivity index (χ1v) is 21.8. The van der Waals surface area contributed by atoms with Gasteiger partial charge in [0.1, 0.15) is 11.3 Å². The lowest BCUT2D eigenvalue weighted by molar-refractivity contribution is -0.121. The quantitative estimate of drug-likeness (QED) is 0.0305. The van der Waals surface area contributed by atoms with Crippen molar-refractivity contribution in [3.63, 3.8) is 0 Å². The van der Waals surface area contributed by atoms with Gasteiger partial charge >= 0.3 is 6.03 Å². The molecule has 2 aromatic heterocycles. The molecule has 340 valence electrons. The molecular weight excluding hydrogens is 841 g/mol. The predicted molar refractivity (Wildman–Crippen MR) is 256 cm³/mol. The number of hydrogen-bond acceptors (Lipinski definition) is 13. The zero-order valence-electron chi connectivity index (χ0n) is 37.2. The SMILES string of the molecule is CCN=c1ccc2c(-c3ccc(NC(=O)NCCNC(=O)CCC(C)NC(=O)c4ccc(NCc5cnc6nc(N)[nH]c(=O)c6n5)cc4)cc3C=O)c3ccc(N(CC)CC)cc3oc-2c1. The Morgan fingerprint density at radius 2 is 1.67 bits per heavy atom. The first-order valence-electron chi connectivity index (χ1n) is 21.8. The van der Waals surface area contributed by atoms with Crippen LogP contribution in [0.5, 0.6) is 0 Å². The smallest absolute Gasteiger partial charge is 0.319 e. The lowest BCUT2D eigenvalue weighted by Gasteiger charge is -2.22. The van der Waals surface area contributed by atoms with E-state index in [2.05, 4.69) is 76.3 Å². The Bertz CT molecular complexity index is 3000. The second-order valence-corrected chi connectivity index (χ2v) is 15.5. The highest BCUT2D eigenvalue weighted by Crippen LogP contribution is 2.42. The molecule has 66 heavy (non-hydrogen) atoms. The Hall–Kier alpha value is -8.15. The maximum atomic E-state index is 12.9. The van der Waals surface area contributed by atoms with Crippen LogP contribution in [0, 0.1) is 0 Å². The summed E-state index contributed by atoms with van der Waals surface area (Å²) in [6, 6.07) is 23.2. The fraction of sp³-hybridized carbons (Fsp3) is 0.271. The van der Waals surface area contributed by atoms with E-state index in [1.54, 1.807) is 36.4 Å². The molecule has 18 nitrogen and oxygen atoms in total. The maximum Gasteiger partial charge on any atom is 0.319 e. The number of nitrogens with zero attached hydrogens (tertiary/aromatic N) is 5. The molecule has 1 atom stereocenters. The van der Waals surface area contributed by atoms with Crippen molar-refractivity contribution < 1.29 is 23.6 Å². The average Bonchev–Trinajstić information content (AvgIpc) is 3.31. The Kier molecular flexibility index (Phi) is 14.6. The first kappa shape index (κ1) is 45.9. The fourth-order valence-corrected chi connectivity index (χ4v) is 7.55. The summed E-state index contributed by atoms with van der Waals surface area (Å²) < 4.78 is 6.47. The minimum Gasteiger partial charge on any atom is -0.456 e. The minimum atomic E-state index is -0.499. The number of aromatic amines is 1. The molecule has 3 aromatic carbocycles. The largest absolute Gasteiger partial charge is 0.456 e. The monoisotopic (exact) mass is 892 g/mol. The number of anilines is 4. The summed E-state index contributed by atoms with van der Waals surface area (Å²) in [4.78, 5) is 84.8. The standard InChI is InChI=1S/C48H52N12O6/c1-5-50-32-13-17-37-39(23-32)66-40-24-35(60(6-2)7-3)15-18-38(40)42(37)36-16-14-33(22-30(36)27-61)57-48(65)52-21-20-51-41(62)19-8-28(4)55-45(63)29-9-11-31(12-10-29)53-25-34-26-54-44-43(56-34)46(64)59-47(49)58-44/h9-18,22-24,26-28,53H,5-8,19-21,25H2,1-4H3,(H,51,62)(H,55,63)(H2,52,57,65)(H3,49,54,58,59,64). The van der Waals surface area contributed by atoms with Crippen LogP contribution >= 0.6 is 0 Å². The van der Waals surface area contributed by atoms with Crippen LogP contribution in [0.4, 0.5) is 27.8 Å². The van der Waals surface area contributed by atoms with Crippen molar-refractivity contribution in [3.8, 4) is 22.5 Å². The van der Waals surface area contributed by atoms with E-state index in [4.69, 9.17) is 10.2 Å². The number of rotatable bonds is 18. The van der Waals surface area contributed by atoms with E-state index in [9.17, 15) is 24.0 Å². The molecule has 0 fully saturated rings. The summed E-state index contributed by atoms with van der Waals surface area (Å²) in [6.07, 6.45) is 2.84. The van der Waals surface area contributed by atoms with Gasteiger partial charge in [-0.25, -0.2) is 14.8 Å². The lowest BCUT2D eigenvalue weighted by atomic mass is 9.90. The van der Waals surface area contributed by atoms with Gasteiger partial charge in [0.2, 0.25) is 11.9 Å². The highest BCUT2D eigenvalue weighted by Gasteiger charge is 2.21. The molecule has 8 N–H and O–H groups in total. The number of carbonyl (C=O) groups excluding carboxylic acids is 4. The number of nitrogen functional groups attached to an aromatic ring is 1. The van der Waals surface area contributed by atoms with Gasteiger partial charge in [0.15, 0.2) is 17.5 Å². The minimum absolute atomic E-state index is 0.0360. The molecule has 5 aromatic rings. The van der Waals surface area contributed by atoms with E-state index < -0.39 is 11.6 Å². The summed E-state index contributed by atoms with van der Waals surface area (Å²) in [5, 5.41) is 16.0. The predicted octanol–water partition coefficient (Wildman–Crippen LogP) is 5.84. The van der Waals surface area contributed by atoms with E-state index in [-0.39, 0.29) is 61.0 Å². The lowest BCUT2D eigenvalue weighted by Crippen LogP contribution is -2.37. The number of nitrogens with one attached hydrogen (secondary N) is 6. The summed E-state index contributed by atoms with van der Waals surface area (Å²) in [5.41, 5.74) is 11.9. The summed E-state index contributed by atoms with van der Waals surface area (Å²) in [6.45, 7) is 10.9. The van der Waals surface area contributed by atoms with Gasteiger partial charge in [-0.1, -0.05) is 6.07 Å². The molecule has 3 heterocycles.